The molecular formula is C11H12Cl2N2O2. The summed E-state index contributed by atoms with van der Waals surface area (Å²) in [5.74, 6) is -0.550. The average Bonchev–Trinajstić information content (AvgIpc) is 2.30. The van der Waals surface area contributed by atoms with Gasteiger partial charge in [0.05, 0.1) is 11.6 Å². The fraction of sp³-hybridized carbons (Fsp3) is 0.273. The molecule has 0 unspecified atom stereocenters. The molecule has 0 bridgehead atoms. The van der Waals surface area contributed by atoms with Gasteiger partial charge in [0.2, 0.25) is 0 Å². The Kier molecular flexibility index (Phi) is 5.25. The summed E-state index contributed by atoms with van der Waals surface area (Å²) in [6.45, 7) is 1.98. The van der Waals surface area contributed by atoms with Crippen LogP contribution in [0.2, 0.25) is 10.0 Å². The molecule has 0 aliphatic rings. The summed E-state index contributed by atoms with van der Waals surface area (Å²) in [5, 5.41) is 4.72. The van der Waals surface area contributed by atoms with Gasteiger partial charge in [0, 0.05) is 17.6 Å². The lowest BCUT2D eigenvalue weighted by Gasteiger charge is -2.08. The van der Waals surface area contributed by atoms with Crippen LogP contribution in [0.4, 0.5) is 0 Å². The van der Waals surface area contributed by atoms with Crippen molar-refractivity contribution in [3.05, 3.63) is 33.8 Å². The molecule has 0 amide bonds. The van der Waals surface area contributed by atoms with Crippen LogP contribution >= 0.6 is 23.2 Å². The van der Waals surface area contributed by atoms with E-state index < -0.39 is 5.97 Å². The third-order valence-corrected chi connectivity index (χ3v) is 2.44. The number of hydrazone groups is 1. The molecule has 1 aromatic rings. The van der Waals surface area contributed by atoms with E-state index in [9.17, 15) is 4.79 Å². The second-order valence-electron chi connectivity index (χ2n) is 3.03. The van der Waals surface area contributed by atoms with E-state index in [1.165, 1.54) is 0 Å². The van der Waals surface area contributed by atoms with Crippen LogP contribution in [0.1, 0.15) is 12.5 Å². The maximum atomic E-state index is 11.7. The molecule has 0 aliphatic carbocycles. The van der Waals surface area contributed by atoms with E-state index in [0.717, 1.165) is 0 Å². The number of nitrogens with one attached hydrogen (secondary N) is 1. The van der Waals surface area contributed by atoms with Crippen molar-refractivity contribution in [2.24, 2.45) is 5.10 Å². The Labute approximate surface area is 110 Å². The van der Waals surface area contributed by atoms with Crippen LogP contribution in [0.3, 0.4) is 0 Å². The molecule has 0 fully saturated rings. The predicted molar refractivity (Wildman–Crippen MR) is 68.7 cm³/mol. The lowest BCUT2D eigenvalue weighted by Crippen LogP contribution is -2.21. The van der Waals surface area contributed by atoms with Crippen molar-refractivity contribution in [3.63, 3.8) is 0 Å². The largest absolute Gasteiger partial charge is 0.461 e. The van der Waals surface area contributed by atoms with Crippen molar-refractivity contribution in [3.8, 4) is 0 Å². The van der Waals surface area contributed by atoms with Gasteiger partial charge in [-0.3, -0.25) is 0 Å². The molecule has 1 aromatic carbocycles. The van der Waals surface area contributed by atoms with Gasteiger partial charge >= 0.3 is 5.97 Å². The first kappa shape index (κ1) is 13.8. The maximum absolute atomic E-state index is 11.7. The van der Waals surface area contributed by atoms with E-state index >= 15 is 0 Å². The highest BCUT2D eigenvalue weighted by molar-refractivity contribution is 6.48. The fourth-order valence-corrected chi connectivity index (χ4v) is 1.59. The Bertz CT molecular complexity index is 447. The molecule has 1 rings (SSSR count). The minimum atomic E-state index is -0.550. The Morgan fingerprint density at radius 1 is 1.47 bits per heavy atom. The standard InChI is InChI=1S/C11H12Cl2N2O2/c1-3-17-11(16)10(15-14-2)8-6-7(12)4-5-9(8)13/h4-6,14H,3H2,1-2H3/b15-10-. The molecule has 17 heavy (non-hydrogen) atoms. The molecule has 92 valence electrons. The van der Waals surface area contributed by atoms with Gasteiger partial charge in [0.1, 0.15) is 0 Å². The fourth-order valence-electron chi connectivity index (χ4n) is 1.21. The normalized spacial score (nSPS) is 11.2. The van der Waals surface area contributed by atoms with Gasteiger partial charge in [-0.1, -0.05) is 23.2 Å². The van der Waals surface area contributed by atoms with E-state index in [-0.39, 0.29) is 12.3 Å². The van der Waals surface area contributed by atoms with Crippen molar-refractivity contribution in [1.29, 1.82) is 0 Å². The first-order valence-corrected chi connectivity index (χ1v) is 5.72. The summed E-state index contributed by atoms with van der Waals surface area (Å²) in [5.41, 5.74) is 3.07. The lowest BCUT2D eigenvalue weighted by atomic mass is 10.1. The molecule has 6 heteroatoms. The Morgan fingerprint density at radius 3 is 2.76 bits per heavy atom. The monoisotopic (exact) mass is 274 g/mol. The Hall–Kier alpha value is -1.26. The molecule has 0 atom stereocenters. The average molecular weight is 275 g/mol. The third-order valence-electron chi connectivity index (χ3n) is 1.88. The summed E-state index contributed by atoms with van der Waals surface area (Å²) in [7, 11) is 1.58. The van der Waals surface area contributed by atoms with E-state index in [0.29, 0.717) is 15.6 Å². The number of hydrogen-bond donors (Lipinski definition) is 1. The molecule has 0 aliphatic heterocycles. The number of ether oxygens (including phenoxy) is 1. The molecule has 4 nitrogen and oxygen atoms in total. The maximum Gasteiger partial charge on any atom is 0.359 e. The van der Waals surface area contributed by atoms with Crippen LogP contribution in [-0.2, 0) is 9.53 Å². The lowest BCUT2D eigenvalue weighted by molar-refractivity contribution is -0.134. The Balaban J connectivity index is 3.19. The minimum absolute atomic E-state index is 0.0989. The molecule has 0 saturated carbocycles. The van der Waals surface area contributed by atoms with E-state index in [1.807, 2.05) is 0 Å². The zero-order valence-electron chi connectivity index (χ0n) is 9.46. The highest BCUT2D eigenvalue weighted by Crippen LogP contribution is 2.21. The first-order chi connectivity index (χ1) is 8.10. The van der Waals surface area contributed by atoms with E-state index in [4.69, 9.17) is 27.9 Å². The molecule has 0 spiro atoms. The summed E-state index contributed by atoms with van der Waals surface area (Å²) >= 11 is 11.9. The molecule has 0 heterocycles. The number of hydrogen-bond acceptors (Lipinski definition) is 4. The minimum Gasteiger partial charge on any atom is -0.461 e. The number of esters is 1. The molecule has 0 saturated heterocycles. The van der Waals surface area contributed by atoms with Crippen LogP contribution in [0.15, 0.2) is 23.3 Å². The zero-order valence-corrected chi connectivity index (χ0v) is 11.0. The molecular weight excluding hydrogens is 263 g/mol. The van der Waals surface area contributed by atoms with Crippen LogP contribution in [0.5, 0.6) is 0 Å². The SMILES string of the molecule is CCOC(=O)/C(=N\NC)c1cc(Cl)ccc1Cl. The van der Waals surface area contributed by atoms with Gasteiger partial charge in [0.15, 0.2) is 5.71 Å². The zero-order chi connectivity index (χ0) is 12.8. The van der Waals surface area contributed by atoms with Gasteiger partial charge in [-0.05, 0) is 25.1 Å². The highest BCUT2D eigenvalue weighted by atomic mass is 35.5. The van der Waals surface area contributed by atoms with Crippen LogP contribution in [0, 0.1) is 0 Å². The Morgan fingerprint density at radius 2 is 2.18 bits per heavy atom. The van der Waals surface area contributed by atoms with Crippen molar-refractivity contribution < 1.29 is 9.53 Å². The van der Waals surface area contributed by atoms with E-state index in [1.54, 1.807) is 32.2 Å². The second kappa shape index (κ2) is 6.47. The van der Waals surface area contributed by atoms with Gasteiger partial charge in [0.25, 0.3) is 0 Å². The van der Waals surface area contributed by atoms with Crippen LogP contribution in [0.25, 0.3) is 0 Å². The second-order valence-corrected chi connectivity index (χ2v) is 3.87. The first-order valence-electron chi connectivity index (χ1n) is 4.97. The van der Waals surface area contributed by atoms with E-state index in [2.05, 4.69) is 10.5 Å². The van der Waals surface area contributed by atoms with Crippen molar-refractivity contribution >= 4 is 34.9 Å². The van der Waals surface area contributed by atoms with Crippen LogP contribution in [-0.4, -0.2) is 25.3 Å². The van der Waals surface area contributed by atoms with Crippen molar-refractivity contribution in [2.75, 3.05) is 13.7 Å². The third kappa shape index (κ3) is 3.61. The van der Waals surface area contributed by atoms with Gasteiger partial charge in [-0.15, -0.1) is 0 Å². The molecule has 0 radical (unpaired) electrons. The summed E-state index contributed by atoms with van der Waals surface area (Å²) < 4.78 is 4.89. The van der Waals surface area contributed by atoms with Crippen molar-refractivity contribution in [2.45, 2.75) is 6.92 Å². The number of carbonyl (C=O) groups is 1. The number of benzene rings is 1. The van der Waals surface area contributed by atoms with Gasteiger partial charge < -0.3 is 10.2 Å². The molecule has 1 N–H and O–H groups in total. The topological polar surface area (TPSA) is 50.7 Å². The number of carbonyl (C=O) groups excluding carboxylic acids is 1. The summed E-state index contributed by atoms with van der Waals surface area (Å²) in [6.07, 6.45) is 0. The number of rotatable bonds is 4. The van der Waals surface area contributed by atoms with Crippen molar-refractivity contribution in [1.82, 2.24) is 5.43 Å². The smallest absolute Gasteiger partial charge is 0.359 e. The summed E-state index contributed by atoms with van der Waals surface area (Å²) in [6, 6.07) is 4.80. The predicted octanol–water partition coefficient (Wildman–Crippen LogP) is 2.48. The quantitative estimate of drug-likeness (QED) is 0.521. The number of nitrogens with zero attached hydrogens (tertiary/aromatic N) is 1. The highest BCUT2D eigenvalue weighted by Gasteiger charge is 2.18. The van der Waals surface area contributed by atoms with Gasteiger partial charge in [-0.2, -0.15) is 5.10 Å². The summed E-state index contributed by atoms with van der Waals surface area (Å²) in [4.78, 5) is 11.7. The molecule has 0 aromatic heterocycles. The van der Waals surface area contributed by atoms with Crippen LogP contribution < -0.4 is 5.43 Å². The number of halogens is 2. The van der Waals surface area contributed by atoms with Gasteiger partial charge in [-0.25, -0.2) is 4.79 Å².